The summed E-state index contributed by atoms with van der Waals surface area (Å²) in [5.74, 6) is 0. The second kappa shape index (κ2) is 5.76. The van der Waals surface area contributed by atoms with Gasteiger partial charge in [0.2, 0.25) is 0 Å². The topological polar surface area (TPSA) is 12.4 Å². The zero-order valence-electron chi connectivity index (χ0n) is 9.53. The van der Waals surface area contributed by atoms with Gasteiger partial charge < -0.3 is 0 Å². The van der Waals surface area contributed by atoms with Crippen LogP contribution in [0.15, 0.2) is 41.9 Å². The molecule has 0 aliphatic rings. The zero-order valence-corrected chi connectivity index (χ0v) is 10.3. The van der Waals surface area contributed by atoms with Gasteiger partial charge in [-0.25, -0.2) is 0 Å². The number of benzene rings is 1. The average molecular weight is 219 g/mol. The average Bonchev–Trinajstić information content (AvgIpc) is 2.26. The quantitative estimate of drug-likeness (QED) is 0.555. The van der Waals surface area contributed by atoms with Crippen LogP contribution in [0.4, 0.5) is 0 Å². The molecule has 1 aromatic carbocycles. The highest BCUT2D eigenvalue weighted by Gasteiger charge is 2.06. The Morgan fingerprint density at radius 3 is 2.33 bits per heavy atom. The summed E-state index contributed by atoms with van der Waals surface area (Å²) in [6.07, 6.45) is 2.04. The van der Waals surface area contributed by atoms with E-state index in [9.17, 15) is 0 Å². The fraction of sp³-hybridized carbons (Fsp3) is 0.308. The molecule has 0 heterocycles. The van der Waals surface area contributed by atoms with Gasteiger partial charge in [-0.3, -0.25) is 4.99 Å². The predicted octanol–water partition coefficient (Wildman–Crippen LogP) is 3.87. The maximum atomic E-state index is 4.55. The highest BCUT2D eigenvalue weighted by molar-refractivity contribution is 8.14. The van der Waals surface area contributed by atoms with Gasteiger partial charge in [0.05, 0.1) is 5.04 Å². The van der Waals surface area contributed by atoms with Crippen LogP contribution in [0, 0.1) is 0 Å². The molecule has 0 radical (unpaired) electrons. The van der Waals surface area contributed by atoms with E-state index in [2.05, 4.69) is 37.6 Å². The number of nitrogens with zero attached hydrogens (tertiary/aromatic N) is 1. The highest BCUT2D eigenvalue weighted by Crippen LogP contribution is 2.20. The molecular formula is C13H17NS. The number of aliphatic imine (C=N–C) groups is 1. The second-order valence-corrected chi connectivity index (χ2v) is 4.37. The van der Waals surface area contributed by atoms with E-state index >= 15 is 0 Å². The highest BCUT2D eigenvalue weighted by atomic mass is 32.2. The zero-order chi connectivity index (χ0) is 11.3. The molecule has 15 heavy (non-hydrogen) atoms. The van der Waals surface area contributed by atoms with Gasteiger partial charge in [0, 0.05) is 11.6 Å². The summed E-state index contributed by atoms with van der Waals surface area (Å²) in [6.45, 7) is 8.25. The molecule has 0 aromatic heterocycles. The lowest BCUT2D eigenvalue weighted by molar-refractivity contribution is 0.841. The first kappa shape index (κ1) is 12.1. The minimum atomic E-state index is 0.313. The van der Waals surface area contributed by atoms with Crippen LogP contribution >= 0.6 is 11.8 Å². The third-order valence-electron chi connectivity index (χ3n) is 1.95. The Hall–Kier alpha value is -1.02. The normalized spacial score (nSPS) is 11.9. The van der Waals surface area contributed by atoms with Crippen LogP contribution in [-0.2, 0) is 0 Å². The molecular weight excluding hydrogens is 202 g/mol. The van der Waals surface area contributed by atoms with Crippen molar-refractivity contribution in [3.63, 3.8) is 0 Å². The van der Waals surface area contributed by atoms with Crippen molar-refractivity contribution in [1.29, 1.82) is 0 Å². The Morgan fingerprint density at radius 1 is 1.27 bits per heavy atom. The minimum absolute atomic E-state index is 0.313. The Balaban J connectivity index is 2.93. The van der Waals surface area contributed by atoms with Crippen molar-refractivity contribution < 1.29 is 0 Å². The van der Waals surface area contributed by atoms with Gasteiger partial charge >= 0.3 is 0 Å². The van der Waals surface area contributed by atoms with E-state index in [4.69, 9.17) is 0 Å². The summed E-state index contributed by atoms with van der Waals surface area (Å²) in [4.78, 5) is 4.55. The predicted molar refractivity (Wildman–Crippen MR) is 71.6 cm³/mol. The number of thioether (sulfide) groups is 1. The van der Waals surface area contributed by atoms with Crippen molar-refractivity contribution in [3.8, 4) is 0 Å². The molecule has 0 saturated heterocycles. The van der Waals surface area contributed by atoms with Crippen LogP contribution in [-0.4, -0.2) is 17.3 Å². The van der Waals surface area contributed by atoms with Gasteiger partial charge in [0.25, 0.3) is 0 Å². The fourth-order valence-electron chi connectivity index (χ4n) is 1.25. The third-order valence-corrected chi connectivity index (χ3v) is 2.69. The second-order valence-electron chi connectivity index (χ2n) is 3.58. The van der Waals surface area contributed by atoms with Crippen LogP contribution < -0.4 is 0 Å². The summed E-state index contributed by atoms with van der Waals surface area (Å²) in [5.41, 5.74) is 2.16. The lowest BCUT2D eigenvalue weighted by atomic mass is 10.1. The molecule has 0 aliphatic carbocycles. The van der Waals surface area contributed by atoms with Gasteiger partial charge in [-0.05, 0) is 25.7 Å². The fourth-order valence-corrected chi connectivity index (χ4v) is 1.93. The molecule has 0 aliphatic heterocycles. The lowest BCUT2D eigenvalue weighted by Gasteiger charge is -2.09. The monoisotopic (exact) mass is 219 g/mol. The molecule has 80 valence electrons. The van der Waals surface area contributed by atoms with E-state index < -0.39 is 0 Å². The molecule has 0 bridgehead atoms. The summed E-state index contributed by atoms with van der Waals surface area (Å²) in [5, 5.41) is 1.02. The SMILES string of the molecule is C=C(C(=NC(C)C)SC)c1ccccc1. The van der Waals surface area contributed by atoms with E-state index in [-0.39, 0.29) is 0 Å². The number of hydrogen-bond acceptors (Lipinski definition) is 2. The Kier molecular flexibility index (Phi) is 4.63. The first-order valence-corrected chi connectivity index (χ1v) is 6.24. The molecule has 0 saturated carbocycles. The van der Waals surface area contributed by atoms with Crippen LogP contribution in [0.25, 0.3) is 5.57 Å². The Bertz CT molecular complexity index is 352. The molecule has 0 atom stereocenters. The van der Waals surface area contributed by atoms with Crippen molar-refractivity contribution in [2.24, 2.45) is 4.99 Å². The summed E-state index contributed by atoms with van der Waals surface area (Å²) < 4.78 is 0. The number of hydrogen-bond donors (Lipinski definition) is 0. The molecule has 1 rings (SSSR count). The van der Waals surface area contributed by atoms with E-state index in [1.165, 1.54) is 0 Å². The molecule has 0 amide bonds. The first-order valence-electron chi connectivity index (χ1n) is 5.01. The van der Waals surface area contributed by atoms with Gasteiger partial charge in [-0.15, -0.1) is 11.8 Å². The van der Waals surface area contributed by atoms with Crippen LogP contribution in [0.5, 0.6) is 0 Å². The lowest BCUT2D eigenvalue weighted by Crippen LogP contribution is -2.00. The third kappa shape index (κ3) is 3.56. The van der Waals surface area contributed by atoms with E-state index in [1.54, 1.807) is 11.8 Å². The summed E-state index contributed by atoms with van der Waals surface area (Å²) >= 11 is 1.65. The van der Waals surface area contributed by atoms with Gasteiger partial charge in [0.1, 0.15) is 0 Å². The summed E-state index contributed by atoms with van der Waals surface area (Å²) in [6, 6.07) is 10.5. The molecule has 2 heteroatoms. The van der Waals surface area contributed by atoms with Crippen molar-refractivity contribution >= 4 is 22.4 Å². The van der Waals surface area contributed by atoms with Crippen molar-refractivity contribution in [2.75, 3.05) is 6.26 Å². The first-order chi connectivity index (χ1) is 7.15. The maximum Gasteiger partial charge on any atom is 0.0977 e. The van der Waals surface area contributed by atoms with Crippen LogP contribution in [0.2, 0.25) is 0 Å². The molecule has 1 aromatic rings. The largest absolute Gasteiger partial charge is 0.275 e. The molecule has 0 spiro atoms. The molecule has 1 nitrogen and oxygen atoms in total. The Labute approximate surface area is 96.3 Å². The maximum absolute atomic E-state index is 4.55. The Morgan fingerprint density at radius 2 is 1.87 bits per heavy atom. The minimum Gasteiger partial charge on any atom is -0.275 e. The standard InChI is InChI=1S/C13H17NS/c1-10(2)14-13(15-4)11(3)12-8-6-5-7-9-12/h5-10H,3H2,1-2,4H3. The van der Waals surface area contributed by atoms with Crippen molar-refractivity contribution in [3.05, 3.63) is 42.5 Å². The smallest absolute Gasteiger partial charge is 0.0977 e. The summed E-state index contributed by atoms with van der Waals surface area (Å²) in [7, 11) is 0. The molecule has 0 unspecified atom stereocenters. The van der Waals surface area contributed by atoms with Gasteiger partial charge in [-0.2, -0.15) is 0 Å². The van der Waals surface area contributed by atoms with Crippen molar-refractivity contribution in [1.82, 2.24) is 0 Å². The molecule has 0 fully saturated rings. The van der Waals surface area contributed by atoms with Gasteiger partial charge in [-0.1, -0.05) is 36.9 Å². The van der Waals surface area contributed by atoms with E-state index in [1.807, 2.05) is 24.5 Å². The van der Waals surface area contributed by atoms with Crippen LogP contribution in [0.3, 0.4) is 0 Å². The number of rotatable bonds is 3. The molecule has 0 N–H and O–H groups in total. The van der Waals surface area contributed by atoms with Crippen molar-refractivity contribution in [2.45, 2.75) is 19.9 Å². The van der Waals surface area contributed by atoms with E-state index in [0.717, 1.165) is 16.2 Å². The van der Waals surface area contributed by atoms with Crippen LogP contribution in [0.1, 0.15) is 19.4 Å². The van der Waals surface area contributed by atoms with E-state index in [0.29, 0.717) is 6.04 Å². The van der Waals surface area contributed by atoms with Gasteiger partial charge in [0.15, 0.2) is 0 Å².